The first kappa shape index (κ1) is 13.6. The molecule has 0 aliphatic heterocycles. The Morgan fingerprint density at radius 2 is 2.12 bits per heavy atom. The monoisotopic (exact) mass is 367 g/mol. The molecule has 0 fully saturated rings. The number of hydrogen-bond donors (Lipinski definition) is 0. The van der Waals surface area contributed by atoms with Crippen LogP contribution in [0.1, 0.15) is 5.69 Å². The third kappa shape index (κ3) is 3.55. The molecule has 16 heavy (non-hydrogen) atoms. The van der Waals surface area contributed by atoms with Crippen molar-refractivity contribution in [2.24, 2.45) is 0 Å². The number of halogens is 5. The Balaban J connectivity index is 3.10. The van der Waals surface area contributed by atoms with E-state index in [-0.39, 0.29) is 11.6 Å². The van der Waals surface area contributed by atoms with E-state index >= 15 is 0 Å². The highest BCUT2D eigenvalue weighted by atomic mass is 127. The molecule has 0 saturated carbocycles. The summed E-state index contributed by atoms with van der Waals surface area (Å²) >= 11 is 7.36. The van der Waals surface area contributed by atoms with E-state index in [1.165, 1.54) is 7.11 Å². The zero-order chi connectivity index (χ0) is 12.3. The predicted octanol–water partition coefficient (Wildman–Crippen LogP) is 3.33. The van der Waals surface area contributed by atoms with Gasteiger partial charge in [-0.05, 0) is 22.6 Å². The summed E-state index contributed by atoms with van der Waals surface area (Å²) in [4.78, 5) is 3.60. The van der Waals surface area contributed by atoms with Gasteiger partial charge in [0.25, 0.3) is 0 Å². The average molecular weight is 367 g/mol. The van der Waals surface area contributed by atoms with Crippen LogP contribution in [0.2, 0.25) is 0 Å². The van der Waals surface area contributed by atoms with Gasteiger partial charge in [-0.3, -0.25) is 0 Å². The van der Waals surface area contributed by atoms with Gasteiger partial charge in [0.2, 0.25) is 5.88 Å². The summed E-state index contributed by atoms with van der Waals surface area (Å²) in [5.74, 6) is -0.257. The fourth-order valence-electron chi connectivity index (χ4n) is 1.00. The van der Waals surface area contributed by atoms with Crippen molar-refractivity contribution in [3.8, 4) is 11.6 Å². The molecule has 0 bridgehead atoms. The first-order valence-electron chi connectivity index (χ1n) is 3.92. The Labute approximate surface area is 108 Å². The SMILES string of the molecule is COc1c(I)cc(OC(F)(F)F)nc1CCl. The van der Waals surface area contributed by atoms with Crippen molar-refractivity contribution in [1.82, 2.24) is 4.98 Å². The third-order valence-electron chi connectivity index (χ3n) is 1.53. The van der Waals surface area contributed by atoms with Crippen molar-refractivity contribution < 1.29 is 22.6 Å². The maximum atomic E-state index is 12.0. The van der Waals surface area contributed by atoms with Gasteiger partial charge in [0, 0.05) is 6.07 Å². The minimum atomic E-state index is -4.77. The van der Waals surface area contributed by atoms with Crippen molar-refractivity contribution in [1.29, 1.82) is 0 Å². The van der Waals surface area contributed by atoms with Crippen molar-refractivity contribution in [3.05, 3.63) is 15.3 Å². The summed E-state index contributed by atoms with van der Waals surface area (Å²) in [6, 6.07) is 1.13. The van der Waals surface area contributed by atoms with E-state index in [0.717, 1.165) is 6.07 Å². The first-order chi connectivity index (χ1) is 7.37. The molecule has 0 spiro atoms. The standard InChI is InChI=1S/C8H6ClF3INO2/c1-15-7-4(13)2-6(14-5(7)3-9)16-8(10,11)12/h2H,3H2,1H3. The largest absolute Gasteiger partial charge is 0.574 e. The second-order valence-corrected chi connectivity index (χ2v) is 4.03. The van der Waals surface area contributed by atoms with Crippen molar-refractivity contribution in [3.63, 3.8) is 0 Å². The van der Waals surface area contributed by atoms with Crippen molar-refractivity contribution in [2.75, 3.05) is 7.11 Å². The van der Waals surface area contributed by atoms with Crippen LogP contribution >= 0.6 is 34.2 Å². The fraction of sp³-hybridized carbons (Fsp3) is 0.375. The Hall–Kier alpha value is -0.440. The second-order valence-electron chi connectivity index (χ2n) is 2.60. The molecule has 1 rings (SSSR count). The molecule has 0 aliphatic rings. The molecular weight excluding hydrogens is 361 g/mol. The lowest BCUT2D eigenvalue weighted by molar-refractivity contribution is -0.276. The minimum absolute atomic E-state index is 0.0613. The quantitative estimate of drug-likeness (QED) is 0.607. The molecule has 0 saturated heterocycles. The van der Waals surface area contributed by atoms with E-state index in [0.29, 0.717) is 9.32 Å². The number of methoxy groups -OCH3 is 1. The summed E-state index contributed by atoms with van der Waals surface area (Å²) in [5, 5.41) is 0. The van der Waals surface area contributed by atoms with Crippen LogP contribution in [0.3, 0.4) is 0 Å². The number of nitrogens with zero attached hydrogens (tertiary/aromatic N) is 1. The van der Waals surface area contributed by atoms with E-state index in [4.69, 9.17) is 16.3 Å². The molecule has 0 amide bonds. The number of ether oxygens (including phenoxy) is 2. The number of alkyl halides is 4. The van der Waals surface area contributed by atoms with Gasteiger partial charge in [-0.25, -0.2) is 4.98 Å². The van der Waals surface area contributed by atoms with Crippen LogP contribution in [-0.4, -0.2) is 18.5 Å². The Bertz CT molecular complexity index is 386. The highest BCUT2D eigenvalue weighted by molar-refractivity contribution is 14.1. The molecular formula is C8H6ClF3INO2. The zero-order valence-electron chi connectivity index (χ0n) is 7.94. The summed E-state index contributed by atoms with van der Waals surface area (Å²) in [5.41, 5.74) is 0.204. The molecule has 0 N–H and O–H groups in total. The fourth-order valence-corrected chi connectivity index (χ4v) is 1.98. The summed E-state index contributed by atoms with van der Waals surface area (Å²) in [6.45, 7) is 0. The topological polar surface area (TPSA) is 31.4 Å². The highest BCUT2D eigenvalue weighted by Gasteiger charge is 2.32. The molecule has 1 aromatic heterocycles. The van der Waals surface area contributed by atoms with Crippen LogP contribution in [0.15, 0.2) is 6.07 Å². The molecule has 0 aromatic carbocycles. The molecule has 0 radical (unpaired) electrons. The van der Waals surface area contributed by atoms with E-state index in [9.17, 15) is 13.2 Å². The molecule has 1 aromatic rings. The minimum Gasteiger partial charge on any atom is -0.494 e. The molecule has 3 nitrogen and oxygen atoms in total. The van der Waals surface area contributed by atoms with E-state index in [1.54, 1.807) is 0 Å². The maximum absolute atomic E-state index is 12.0. The van der Waals surface area contributed by atoms with E-state index in [1.807, 2.05) is 22.6 Å². The van der Waals surface area contributed by atoms with Crippen LogP contribution in [0.5, 0.6) is 11.6 Å². The van der Waals surface area contributed by atoms with Gasteiger partial charge in [-0.15, -0.1) is 24.8 Å². The lowest BCUT2D eigenvalue weighted by Gasteiger charge is -2.12. The molecule has 1 heterocycles. The molecule has 0 unspecified atom stereocenters. The maximum Gasteiger partial charge on any atom is 0.574 e. The summed E-state index contributed by atoms with van der Waals surface area (Å²) in [7, 11) is 1.39. The van der Waals surface area contributed by atoms with E-state index < -0.39 is 12.2 Å². The van der Waals surface area contributed by atoms with Gasteiger partial charge in [0.15, 0.2) is 5.75 Å². The van der Waals surface area contributed by atoms with Gasteiger partial charge in [0.1, 0.15) is 5.69 Å². The van der Waals surface area contributed by atoms with Crippen molar-refractivity contribution in [2.45, 2.75) is 12.2 Å². The molecule has 0 atom stereocenters. The van der Waals surface area contributed by atoms with Gasteiger partial charge >= 0.3 is 6.36 Å². The lowest BCUT2D eigenvalue weighted by atomic mass is 10.3. The molecule has 8 heteroatoms. The van der Waals surface area contributed by atoms with Gasteiger partial charge in [-0.2, -0.15) is 0 Å². The van der Waals surface area contributed by atoms with Crippen LogP contribution in [0.4, 0.5) is 13.2 Å². The molecule has 0 aliphatic carbocycles. The number of aromatic nitrogens is 1. The summed E-state index contributed by atoms with van der Waals surface area (Å²) in [6.07, 6.45) is -4.77. The van der Waals surface area contributed by atoms with Crippen molar-refractivity contribution >= 4 is 34.2 Å². The van der Waals surface area contributed by atoms with E-state index in [2.05, 4.69) is 9.72 Å². The Kier molecular flexibility index (Phi) is 4.48. The smallest absolute Gasteiger partial charge is 0.494 e. The number of rotatable bonds is 3. The summed E-state index contributed by atoms with van der Waals surface area (Å²) < 4.78 is 45.0. The van der Waals surface area contributed by atoms with Crippen LogP contribution in [0, 0.1) is 3.57 Å². The third-order valence-corrected chi connectivity index (χ3v) is 2.58. The van der Waals surface area contributed by atoms with Gasteiger partial charge in [-0.1, -0.05) is 0 Å². The lowest BCUT2D eigenvalue weighted by Crippen LogP contribution is -2.18. The van der Waals surface area contributed by atoms with Gasteiger partial charge < -0.3 is 9.47 Å². The van der Waals surface area contributed by atoms with Gasteiger partial charge in [0.05, 0.1) is 16.6 Å². The number of pyridine rings is 1. The normalized spacial score (nSPS) is 11.4. The zero-order valence-corrected chi connectivity index (χ0v) is 10.9. The molecule has 90 valence electrons. The van der Waals surface area contributed by atoms with Crippen LogP contribution in [0.25, 0.3) is 0 Å². The second kappa shape index (κ2) is 5.26. The Morgan fingerprint density at radius 3 is 2.56 bits per heavy atom. The van der Waals surface area contributed by atoms with Crippen LogP contribution < -0.4 is 9.47 Å². The van der Waals surface area contributed by atoms with Crippen LogP contribution in [-0.2, 0) is 5.88 Å². The first-order valence-corrected chi connectivity index (χ1v) is 5.54. The average Bonchev–Trinajstić information content (AvgIpc) is 2.14. The number of hydrogen-bond acceptors (Lipinski definition) is 3. The highest BCUT2D eigenvalue weighted by Crippen LogP contribution is 2.31. The Morgan fingerprint density at radius 1 is 1.50 bits per heavy atom. The predicted molar refractivity (Wildman–Crippen MR) is 59.7 cm³/mol.